The van der Waals surface area contributed by atoms with Gasteiger partial charge in [0.15, 0.2) is 11.5 Å². The van der Waals surface area contributed by atoms with Crippen LogP contribution in [-0.2, 0) is 11.8 Å². The summed E-state index contributed by atoms with van der Waals surface area (Å²) in [6, 6.07) is 99.6. The van der Waals surface area contributed by atoms with Crippen LogP contribution in [0, 0.1) is 13.8 Å². The zero-order chi connectivity index (χ0) is 97.4. The van der Waals surface area contributed by atoms with Crippen molar-refractivity contribution in [3.8, 4) is 135 Å². The average molecular weight is 1860 g/mol. The number of nitrogen functional groups attached to an aromatic ring is 5. The number of fused-ring (bicyclic) bond motifs is 6. The summed E-state index contributed by atoms with van der Waals surface area (Å²) in [6.07, 6.45) is 21.5. The minimum absolute atomic E-state index is 0.185. The van der Waals surface area contributed by atoms with E-state index >= 15 is 0 Å². The first-order chi connectivity index (χ1) is 69.5. The molecule has 686 valence electrons. The van der Waals surface area contributed by atoms with Gasteiger partial charge in [0.2, 0.25) is 11.8 Å². The number of hydrogen-bond acceptors (Lipinski definition) is 28. The number of oxazole rings is 1. The van der Waals surface area contributed by atoms with Gasteiger partial charge in [-0.15, -0.1) is 0 Å². The number of aryl methyl sites for hydroxylation is 3. The number of pyridine rings is 3. The van der Waals surface area contributed by atoms with E-state index in [-0.39, 0.29) is 5.91 Å². The molecule has 24 aromatic rings. The van der Waals surface area contributed by atoms with Crippen LogP contribution in [0.4, 0.5) is 34.9 Å². The van der Waals surface area contributed by atoms with Crippen molar-refractivity contribution in [3.05, 3.63) is 395 Å². The Morgan fingerprint density at radius 3 is 1.18 bits per heavy atom. The topological polar surface area (TPSA) is 448 Å². The highest BCUT2D eigenvalue weighted by Crippen LogP contribution is 2.39. The number of amides is 1. The van der Waals surface area contributed by atoms with Crippen molar-refractivity contribution in [2.45, 2.75) is 20.8 Å². The summed E-state index contributed by atoms with van der Waals surface area (Å²) in [5.74, 6) is 2.63. The maximum Gasteiger partial charge on any atom is 0.247 e. The van der Waals surface area contributed by atoms with Crippen molar-refractivity contribution in [1.82, 2.24) is 110 Å². The Hall–Kier alpha value is -20.0. The molecule has 30 heteroatoms. The molecule has 0 saturated carbocycles. The summed E-state index contributed by atoms with van der Waals surface area (Å²) in [4.78, 5) is 87.2. The molecule has 0 radical (unpaired) electrons. The number of carbonyl (C=O) groups is 1. The number of anilines is 6. The smallest absolute Gasteiger partial charge is 0.247 e. The third-order valence-corrected chi connectivity index (χ3v) is 22.7. The summed E-state index contributed by atoms with van der Waals surface area (Å²) >= 11 is 0. The van der Waals surface area contributed by atoms with E-state index in [9.17, 15) is 4.79 Å². The first kappa shape index (κ1) is 91.1. The standard InChI is InChI=1S/C20H15N5O.C20H16N4.C19H17N5.C19H14N4.C18H13N5.C16H11N5O/c1-13(26)23-18-12-21-19(20(24-18)14-5-3-2-4-6-14)16-7-8-17-15(11-16)9-10-22-25-17;1-13-7-8-15-11-16(9-10-17(15)23-13)19-20(24-18(21)12-22-19)14-5-3-2-4-6-14;1-12-19(20)23-17(13-6-4-3-5-7-13)18(22-12)14-8-9-15-16(10-14)24(2)11-21-15;20-17-12-22-18(19(23-17)13-4-2-1-3-5-13)15-6-7-16-11-21-9-8-14(16)10-15;19-16-11-20-17(18(22-16)12-4-2-1-3-5-12)14-6-7-15-13(10-14)8-9-21-23-15;17-13-9-20-14(15(21-13)16-19-6-7-22-16)11-3-4-12-10(8-11)2-1-5-18-12/h2-12H,1H3,(H,23,24,26);2-12H,1H3,(H2,21,24);3-11H,1-2H3,(H2,20,23);1-12H,(H2,20,23);1-11H,(H2,19,22);1-9H,(H2,17,21). The lowest BCUT2D eigenvalue weighted by Gasteiger charge is -2.11. The number of benzene rings is 11. The monoisotopic (exact) mass is 1850 g/mol. The molecule has 0 aliphatic rings. The zero-order valence-corrected chi connectivity index (χ0v) is 76.9. The van der Waals surface area contributed by atoms with E-state index in [1.165, 1.54) is 19.4 Å². The fourth-order valence-corrected chi connectivity index (χ4v) is 15.9. The number of rotatable bonds is 13. The number of nitrogens with one attached hydrogen (secondary N) is 1. The Labute approximate surface area is 813 Å². The number of nitrogens with zero attached hydrogens (tertiary/aromatic N) is 22. The summed E-state index contributed by atoms with van der Waals surface area (Å²) in [5.41, 5.74) is 56.4. The van der Waals surface area contributed by atoms with Crippen molar-refractivity contribution in [3.63, 3.8) is 0 Å². The van der Waals surface area contributed by atoms with Crippen molar-refractivity contribution < 1.29 is 9.21 Å². The normalized spacial score (nSPS) is 10.8. The third kappa shape index (κ3) is 21.1. The molecule has 0 aliphatic heterocycles. The Balaban J connectivity index is 0.000000108. The summed E-state index contributed by atoms with van der Waals surface area (Å²) in [5, 5.41) is 25.0. The minimum atomic E-state index is -0.185. The number of aromatic nitrogens is 22. The molecule has 142 heavy (non-hydrogen) atoms. The van der Waals surface area contributed by atoms with Crippen molar-refractivity contribution in [2.24, 2.45) is 7.05 Å². The average Bonchev–Trinajstić information content (AvgIpc) is 1.70. The maximum atomic E-state index is 11.4. The highest BCUT2D eigenvalue weighted by Gasteiger charge is 2.22. The van der Waals surface area contributed by atoms with Gasteiger partial charge in [0.25, 0.3) is 0 Å². The second kappa shape index (κ2) is 41.8. The second-order valence-corrected chi connectivity index (χ2v) is 32.5. The van der Waals surface area contributed by atoms with Gasteiger partial charge in [-0.05, 0) is 116 Å². The van der Waals surface area contributed by atoms with E-state index in [2.05, 4.69) is 130 Å². The number of carbonyl (C=O) groups excluding carboxylic acids is 1. The number of hydrogen-bond donors (Lipinski definition) is 6. The lowest BCUT2D eigenvalue weighted by atomic mass is 10.0. The summed E-state index contributed by atoms with van der Waals surface area (Å²) in [6.45, 7) is 5.32. The number of nitrogens with two attached hydrogens (primary N) is 5. The Morgan fingerprint density at radius 2 is 0.690 bits per heavy atom. The van der Waals surface area contributed by atoms with Crippen LogP contribution in [0.1, 0.15) is 18.3 Å². The van der Waals surface area contributed by atoms with Gasteiger partial charge in [-0.25, -0.2) is 49.8 Å². The van der Waals surface area contributed by atoms with E-state index in [0.717, 1.165) is 189 Å². The molecule has 11 N–H and O–H groups in total. The van der Waals surface area contributed by atoms with Crippen LogP contribution in [0.25, 0.3) is 201 Å². The predicted molar refractivity (Wildman–Crippen MR) is 560 cm³/mol. The molecule has 24 rings (SSSR count). The predicted octanol–water partition coefficient (Wildman–Crippen LogP) is 21.8. The highest BCUT2D eigenvalue weighted by atomic mass is 16.3. The molecule has 30 nitrogen and oxygen atoms in total. The Morgan fingerprint density at radius 1 is 0.296 bits per heavy atom. The van der Waals surface area contributed by atoms with Gasteiger partial charge in [0.1, 0.15) is 41.0 Å². The van der Waals surface area contributed by atoms with Gasteiger partial charge in [-0.1, -0.05) is 206 Å². The molecule has 0 saturated heterocycles. The zero-order valence-electron chi connectivity index (χ0n) is 76.9. The SMILES string of the molecule is CC(=O)Nc1cnc(-c2ccc3nnccc3c2)c(-c2ccccc2)n1.Cc1ccc2cc(-c3ncc(N)nc3-c3ccccc3)ccc2n1.Cc1nc(-c2ccc3ncn(C)c3c2)c(-c2ccccc2)nc1N.Nc1cnc(-c2ccc3cnccc3c2)c(-c2ccccc2)n1.Nc1cnc(-c2ccc3ncccc3c2)c(-c2ncco2)n1.Nc1cnc(-c2ccc3nnccc3c2)c(-c2ccccc2)n1. The lowest BCUT2D eigenvalue weighted by Crippen LogP contribution is -2.09. The van der Waals surface area contributed by atoms with Crippen LogP contribution in [0.2, 0.25) is 0 Å². The molecule has 0 fully saturated rings. The van der Waals surface area contributed by atoms with Crippen LogP contribution >= 0.6 is 0 Å². The molecule has 0 atom stereocenters. The van der Waals surface area contributed by atoms with Gasteiger partial charge in [0.05, 0.1) is 152 Å². The van der Waals surface area contributed by atoms with Crippen LogP contribution < -0.4 is 34.0 Å². The van der Waals surface area contributed by atoms with E-state index in [1.807, 2.05) is 317 Å². The van der Waals surface area contributed by atoms with Gasteiger partial charge >= 0.3 is 0 Å². The molecule has 0 aliphatic carbocycles. The van der Waals surface area contributed by atoms with Crippen molar-refractivity contribution >= 4 is 106 Å². The second-order valence-electron chi connectivity index (χ2n) is 32.5. The molecule has 0 unspecified atom stereocenters. The van der Waals surface area contributed by atoms with Gasteiger partial charge in [-0.2, -0.15) is 20.4 Å². The summed E-state index contributed by atoms with van der Waals surface area (Å²) < 4.78 is 7.34. The van der Waals surface area contributed by atoms with Gasteiger partial charge in [-0.3, -0.25) is 39.7 Å². The quantitative estimate of drug-likeness (QED) is 0.0624. The molecule has 0 spiro atoms. The largest absolute Gasteiger partial charge is 0.443 e. The van der Waals surface area contributed by atoms with E-state index < -0.39 is 0 Å². The third-order valence-electron chi connectivity index (χ3n) is 22.7. The number of imidazole rings is 1. The molecular weight excluding hydrogens is 1770 g/mol. The molecule has 0 bridgehead atoms. The van der Waals surface area contributed by atoms with Crippen molar-refractivity contribution in [2.75, 3.05) is 34.0 Å². The molecule has 13 heterocycles. The van der Waals surface area contributed by atoms with Crippen LogP contribution in [0.15, 0.2) is 388 Å². The van der Waals surface area contributed by atoms with Gasteiger partial charge in [0, 0.05) is 126 Å². The highest BCUT2D eigenvalue weighted by molar-refractivity contribution is 5.95. The summed E-state index contributed by atoms with van der Waals surface area (Å²) in [7, 11) is 1.98. The van der Waals surface area contributed by atoms with Gasteiger partial charge < -0.3 is 43.0 Å². The first-order valence-electron chi connectivity index (χ1n) is 44.9. The fourth-order valence-electron chi connectivity index (χ4n) is 15.9. The van der Waals surface area contributed by atoms with E-state index in [1.54, 1.807) is 55.8 Å². The van der Waals surface area contributed by atoms with Crippen LogP contribution in [0.3, 0.4) is 0 Å². The van der Waals surface area contributed by atoms with E-state index in [0.29, 0.717) is 57.9 Å². The Kier molecular flexibility index (Phi) is 26.8. The van der Waals surface area contributed by atoms with Crippen LogP contribution in [0.5, 0.6) is 0 Å². The molecule has 11 aromatic carbocycles. The van der Waals surface area contributed by atoms with Crippen molar-refractivity contribution in [1.29, 1.82) is 0 Å². The lowest BCUT2D eigenvalue weighted by molar-refractivity contribution is -0.114. The Bertz CT molecular complexity index is 8510. The minimum Gasteiger partial charge on any atom is -0.443 e. The van der Waals surface area contributed by atoms with E-state index in [4.69, 9.17) is 38.1 Å². The molecule has 1 amide bonds. The maximum absolute atomic E-state index is 11.4. The first-order valence-corrected chi connectivity index (χ1v) is 44.9. The molecular formula is C112H86N28O2. The fraction of sp³-hybridized carbons (Fsp3) is 0.0357. The van der Waals surface area contributed by atoms with Crippen LogP contribution in [-0.4, -0.2) is 116 Å². The molecule has 13 aromatic heterocycles.